The van der Waals surface area contributed by atoms with Crippen molar-refractivity contribution < 1.29 is 17.9 Å². The predicted octanol–water partition coefficient (Wildman–Crippen LogP) is 3.33. The lowest BCUT2D eigenvalue weighted by molar-refractivity contribution is 0.0953. The summed E-state index contributed by atoms with van der Waals surface area (Å²) in [5.41, 5.74) is 1.31. The molecule has 0 radical (unpaired) electrons. The molecule has 0 saturated carbocycles. The molecule has 26 heavy (non-hydrogen) atoms. The van der Waals surface area contributed by atoms with Crippen molar-refractivity contribution in [1.82, 2.24) is 5.32 Å². The monoisotopic (exact) mass is 376 g/mol. The summed E-state index contributed by atoms with van der Waals surface area (Å²) in [5, 5.41) is 2.79. The Morgan fingerprint density at radius 3 is 2.42 bits per heavy atom. The molecule has 6 nitrogen and oxygen atoms in total. The van der Waals surface area contributed by atoms with Crippen molar-refractivity contribution in [3.05, 3.63) is 53.6 Å². The van der Waals surface area contributed by atoms with E-state index in [0.717, 1.165) is 12.8 Å². The van der Waals surface area contributed by atoms with Crippen LogP contribution in [0.2, 0.25) is 0 Å². The van der Waals surface area contributed by atoms with E-state index in [9.17, 15) is 13.2 Å². The third-order valence-electron chi connectivity index (χ3n) is 3.90. The fraction of sp³-hybridized carbons (Fsp3) is 0.316. The van der Waals surface area contributed by atoms with Gasteiger partial charge in [0.15, 0.2) is 0 Å². The van der Waals surface area contributed by atoms with Crippen LogP contribution in [0.25, 0.3) is 0 Å². The molecule has 1 amide bonds. The molecule has 140 valence electrons. The number of hydrogen-bond donors (Lipinski definition) is 2. The minimum Gasteiger partial charge on any atom is -0.497 e. The highest BCUT2D eigenvalue weighted by Gasteiger charge is 2.19. The van der Waals surface area contributed by atoms with Crippen LogP contribution in [0.1, 0.15) is 35.7 Å². The van der Waals surface area contributed by atoms with Gasteiger partial charge in [-0.2, -0.15) is 0 Å². The molecule has 7 heteroatoms. The van der Waals surface area contributed by atoms with Gasteiger partial charge in [-0.25, -0.2) is 8.42 Å². The number of methoxy groups -OCH3 is 1. The molecule has 0 saturated heterocycles. The normalized spacial score (nSPS) is 11.0. The highest BCUT2D eigenvalue weighted by atomic mass is 32.2. The van der Waals surface area contributed by atoms with Gasteiger partial charge in [0, 0.05) is 17.8 Å². The van der Waals surface area contributed by atoms with Crippen molar-refractivity contribution in [3.63, 3.8) is 0 Å². The molecule has 0 bridgehead atoms. The fourth-order valence-corrected chi connectivity index (χ4v) is 3.71. The molecular formula is C19H24N2O4S. The van der Waals surface area contributed by atoms with E-state index in [-0.39, 0.29) is 10.8 Å². The Morgan fingerprint density at radius 2 is 1.81 bits per heavy atom. The van der Waals surface area contributed by atoms with Crippen LogP contribution in [0.15, 0.2) is 47.4 Å². The highest BCUT2D eigenvalue weighted by Crippen LogP contribution is 2.22. The lowest BCUT2D eigenvalue weighted by atomic mass is 10.1. The van der Waals surface area contributed by atoms with Crippen molar-refractivity contribution in [2.24, 2.45) is 0 Å². The minimum absolute atomic E-state index is 0.0801. The van der Waals surface area contributed by atoms with Crippen molar-refractivity contribution in [2.45, 2.75) is 31.6 Å². The first-order valence-electron chi connectivity index (χ1n) is 8.43. The van der Waals surface area contributed by atoms with Crippen molar-refractivity contribution in [3.8, 4) is 5.75 Å². The van der Waals surface area contributed by atoms with Gasteiger partial charge in [0.1, 0.15) is 5.75 Å². The van der Waals surface area contributed by atoms with Gasteiger partial charge in [0.05, 0.1) is 12.0 Å². The summed E-state index contributed by atoms with van der Waals surface area (Å²) in [6, 6.07) is 11.2. The Morgan fingerprint density at radius 1 is 1.12 bits per heavy atom. The number of carbonyl (C=O) groups is 1. The third kappa shape index (κ3) is 4.98. The topological polar surface area (TPSA) is 84.5 Å². The summed E-state index contributed by atoms with van der Waals surface area (Å²) >= 11 is 0. The maximum absolute atomic E-state index is 12.7. The van der Waals surface area contributed by atoms with Crippen molar-refractivity contribution >= 4 is 21.6 Å². The molecule has 2 N–H and O–H groups in total. The lowest BCUT2D eigenvalue weighted by Gasteiger charge is -2.12. The Kier molecular flexibility index (Phi) is 6.63. The second-order valence-electron chi connectivity index (χ2n) is 5.92. The van der Waals surface area contributed by atoms with Gasteiger partial charge < -0.3 is 10.1 Å². The first-order chi connectivity index (χ1) is 12.4. The number of benzene rings is 2. The molecule has 2 rings (SSSR count). The zero-order chi connectivity index (χ0) is 19.2. The second kappa shape index (κ2) is 8.71. The predicted molar refractivity (Wildman–Crippen MR) is 102 cm³/mol. The summed E-state index contributed by atoms with van der Waals surface area (Å²) < 4.78 is 33.1. The van der Waals surface area contributed by atoms with Gasteiger partial charge in [-0.15, -0.1) is 0 Å². The van der Waals surface area contributed by atoms with E-state index in [2.05, 4.69) is 10.0 Å². The standard InChI is InChI=1S/C19H24N2O4S/c1-4-5-12-20-19(22)15-7-6-14(2)18(13-15)26(23,24)21-16-8-10-17(25-3)11-9-16/h6-11,13,21H,4-5,12H2,1-3H3,(H,20,22). The van der Waals surface area contributed by atoms with Gasteiger partial charge >= 0.3 is 0 Å². The molecule has 0 spiro atoms. The molecule has 2 aromatic rings. The minimum atomic E-state index is -3.82. The summed E-state index contributed by atoms with van der Waals surface area (Å²) in [6.07, 6.45) is 1.85. The zero-order valence-corrected chi connectivity index (χ0v) is 16.0. The SMILES string of the molecule is CCCCNC(=O)c1ccc(C)c(S(=O)(=O)Nc2ccc(OC)cc2)c1. The number of rotatable bonds is 8. The van der Waals surface area contributed by atoms with Crippen LogP contribution in [0, 0.1) is 6.92 Å². The highest BCUT2D eigenvalue weighted by molar-refractivity contribution is 7.92. The molecule has 0 aliphatic rings. The molecule has 0 heterocycles. The van der Waals surface area contributed by atoms with Crippen LogP contribution >= 0.6 is 0 Å². The molecular weight excluding hydrogens is 352 g/mol. The van der Waals surface area contributed by atoms with Crippen LogP contribution in [-0.4, -0.2) is 28.0 Å². The van der Waals surface area contributed by atoms with Crippen LogP contribution in [-0.2, 0) is 10.0 Å². The van der Waals surface area contributed by atoms with E-state index in [0.29, 0.717) is 29.1 Å². The number of amides is 1. The zero-order valence-electron chi connectivity index (χ0n) is 15.2. The van der Waals surface area contributed by atoms with Gasteiger partial charge in [0.2, 0.25) is 0 Å². The van der Waals surface area contributed by atoms with Crippen molar-refractivity contribution in [1.29, 1.82) is 0 Å². The number of anilines is 1. The number of sulfonamides is 1. The van der Waals surface area contributed by atoms with Gasteiger partial charge in [-0.3, -0.25) is 9.52 Å². The van der Waals surface area contributed by atoms with Crippen LogP contribution < -0.4 is 14.8 Å². The van der Waals surface area contributed by atoms with Gasteiger partial charge in [-0.05, 0) is 55.3 Å². The van der Waals surface area contributed by atoms with E-state index < -0.39 is 10.0 Å². The third-order valence-corrected chi connectivity index (χ3v) is 5.42. The largest absolute Gasteiger partial charge is 0.497 e. The number of unbranched alkanes of at least 4 members (excludes halogenated alkanes) is 1. The molecule has 0 unspecified atom stereocenters. The average Bonchev–Trinajstić information content (AvgIpc) is 2.62. The Labute approximate surface area is 154 Å². The molecule has 0 aromatic heterocycles. The number of carbonyl (C=O) groups excluding carboxylic acids is 1. The Bertz CT molecular complexity index is 862. The van der Waals surface area contributed by atoms with E-state index in [1.165, 1.54) is 6.07 Å². The molecule has 0 fully saturated rings. The number of hydrogen-bond acceptors (Lipinski definition) is 4. The van der Waals surface area contributed by atoms with E-state index in [1.807, 2.05) is 6.92 Å². The maximum atomic E-state index is 12.7. The van der Waals surface area contributed by atoms with Crippen LogP contribution in [0.3, 0.4) is 0 Å². The van der Waals surface area contributed by atoms with Gasteiger partial charge in [0.25, 0.3) is 15.9 Å². The molecule has 0 aliphatic carbocycles. The first-order valence-corrected chi connectivity index (χ1v) is 9.91. The Hall–Kier alpha value is -2.54. The molecule has 0 aliphatic heterocycles. The summed E-state index contributed by atoms with van der Waals surface area (Å²) in [5.74, 6) is 0.356. The summed E-state index contributed by atoms with van der Waals surface area (Å²) in [7, 11) is -2.27. The van der Waals surface area contributed by atoms with Crippen molar-refractivity contribution in [2.75, 3.05) is 18.4 Å². The maximum Gasteiger partial charge on any atom is 0.262 e. The quantitative estimate of drug-likeness (QED) is 0.692. The number of nitrogens with one attached hydrogen (secondary N) is 2. The number of ether oxygens (including phenoxy) is 1. The van der Waals surface area contributed by atoms with Crippen LogP contribution in [0.4, 0.5) is 5.69 Å². The summed E-state index contributed by atoms with van der Waals surface area (Å²) in [6.45, 7) is 4.30. The first kappa shape index (κ1) is 19.8. The Balaban J connectivity index is 2.24. The van der Waals surface area contributed by atoms with Gasteiger partial charge in [-0.1, -0.05) is 19.4 Å². The molecule has 2 aromatic carbocycles. The second-order valence-corrected chi connectivity index (χ2v) is 7.57. The van der Waals surface area contributed by atoms with E-state index in [1.54, 1.807) is 50.4 Å². The summed E-state index contributed by atoms with van der Waals surface area (Å²) in [4.78, 5) is 12.3. The molecule has 0 atom stereocenters. The number of aryl methyl sites for hydroxylation is 1. The smallest absolute Gasteiger partial charge is 0.262 e. The lowest BCUT2D eigenvalue weighted by Crippen LogP contribution is -2.25. The van der Waals surface area contributed by atoms with E-state index >= 15 is 0 Å². The van der Waals surface area contributed by atoms with E-state index in [4.69, 9.17) is 4.74 Å². The van der Waals surface area contributed by atoms with Crippen LogP contribution in [0.5, 0.6) is 5.75 Å². The fourth-order valence-electron chi connectivity index (χ4n) is 2.38. The average molecular weight is 376 g/mol.